The monoisotopic (exact) mass is 540 g/mol. The molecule has 0 atom stereocenters. The predicted molar refractivity (Wildman–Crippen MR) is 151 cm³/mol. The van der Waals surface area contributed by atoms with E-state index in [9.17, 15) is 9.59 Å². The lowest BCUT2D eigenvalue weighted by Gasteiger charge is -2.10. The number of fused-ring (bicyclic) bond motifs is 1. The smallest absolute Gasteiger partial charge is 0.355 e. The minimum absolute atomic E-state index is 0.332. The van der Waals surface area contributed by atoms with E-state index in [0.717, 1.165) is 15.6 Å². The first-order valence-corrected chi connectivity index (χ1v) is 12.9. The zero-order chi connectivity index (χ0) is 26.3. The third-order valence-electron chi connectivity index (χ3n) is 5.54. The van der Waals surface area contributed by atoms with Crippen LogP contribution in [-0.4, -0.2) is 18.1 Å². The van der Waals surface area contributed by atoms with Crippen molar-refractivity contribution in [3.8, 4) is 11.5 Å². The van der Waals surface area contributed by atoms with Gasteiger partial charge in [-0.05, 0) is 41.5 Å². The molecule has 188 valence electrons. The molecule has 0 saturated carbocycles. The van der Waals surface area contributed by atoms with Crippen molar-refractivity contribution in [2.45, 2.75) is 6.61 Å². The van der Waals surface area contributed by atoms with E-state index >= 15 is 0 Å². The van der Waals surface area contributed by atoms with Crippen molar-refractivity contribution in [3.63, 3.8) is 0 Å². The molecular weight excluding hydrogens is 520 g/mol. The van der Waals surface area contributed by atoms with Crippen molar-refractivity contribution in [2.24, 2.45) is 5.10 Å². The summed E-state index contributed by atoms with van der Waals surface area (Å²) in [6.45, 7) is 0.340. The maximum absolute atomic E-state index is 12.8. The van der Waals surface area contributed by atoms with Crippen molar-refractivity contribution < 1.29 is 19.1 Å². The van der Waals surface area contributed by atoms with Crippen LogP contribution >= 0.6 is 22.9 Å². The number of esters is 1. The SMILES string of the molecule is O=C(N/N=C\c1cccc(OC(=O)c2sc3ccccc3c2Cl)c1)c1ccccc1OCc1ccccc1. The Kier molecular flexibility index (Phi) is 7.78. The molecule has 0 aliphatic rings. The molecule has 4 aromatic carbocycles. The molecule has 0 unspecified atom stereocenters. The van der Waals surface area contributed by atoms with Gasteiger partial charge >= 0.3 is 5.97 Å². The average Bonchev–Trinajstić information content (AvgIpc) is 3.29. The Morgan fingerprint density at radius 2 is 1.66 bits per heavy atom. The summed E-state index contributed by atoms with van der Waals surface area (Å²) in [4.78, 5) is 25.8. The Hall–Kier alpha value is -4.46. The van der Waals surface area contributed by atoms with E-state index in [0.29, 0.717) is 39.1 Å². The molecule has 38 heavy (non-hydrogen) atoms. The number of thiophene rings is 1. The lowest BCUT2D eigenvalue weighted by molar-refractivity contribution is 0.0739. The standard InChI is InChI=1S/C30H21ClN2O4S/c31-27-24-14-5-7-16-26(24)38-28(27)30(35)37-22-12-8-11-21(17-22)18-32-33-29(34)23-13-4-6-15-25(23)36-19-20-9-2-1-3-10-20/h1-18H,19H2,(H,33,34)/b32-18-. The summed E-state index contributed by atoms with van der Waals surface area (Å²) in [6.07, 6.45) is 1.47. The molecule has 6 nitrogen and oxygen atoms in total. The molecule has 1 aromatic heterocycles. The second-order valence-electron chi connectivity index (χ2n) is 8.17. The van der Waals surface area contributed by atoms with E-state index in [-0.39, 0.29) is 0 Å². The average molecular weight is 541 g/mol. The molecule has 0 fully saturated rings. The van der Waals surface area contributed by atoms with E-state index in [1.165, 1.54) is 17.6 Å². The highest BCUT2D eigenvalue weighted by atomic mass is 35.5. The molecule has 0 bridgehead atoms. The number of para-hydroxylation sites is 1. The fourth-order valence-electron chi connectivity index (χ4n) is 3.70. The van der Waals surface area contributed by atoms with Crippen LogP contribution in [0.1, 0.15) is 31.2 Å². The van der Waals surface area contributed by atoms with Gasteiger partial charge in [0.2, 0.25) is 0 Å². The molecule has 0 aliphatic carbocycles. The molecule has 8 heteroatoms. The number of nitrogens with one attached hydrogen (secondary N) is 1. The van der Waals surface area contributed by atoms with Gasteiger partial charge in [-0.2, -0.15) is 5.10 Å². The fraction of sp³-hybridized carbons (Fsp3) is 0.0333. The number of hydrogen-bond donors (Lipinski definition) is 1. The molecule has 1 amide bonds. The zero-order valence-electron chi connectivity index (χ0n) is 20.0. The lowest BCUT2D eigenvalue weighted by Crippen LogP contribution is -2.18. The maximum Gasteiger partial charge on any atom is 0.355 e. The van der Waals surface area contributed by atoms with Gasteiger partial charge in [-0.15, -0.1) is 11.3 Å². The van der Waals surface area contributed by atoms with Crippen LogP contribution in [0.25, 0.3) is 10.1 Å². The first-order chi connectivity index (χ1) is 18.6. The maximum atomic E-state index is 12.8. The first kappa shape index (κ1) is 25.2. The Morgan fingerprint density at radius 1 is 0.895 bits per heavy atom. The molecule has 5 rings (SSSR count). The van der Waals surface area contributed by atoms with Crippen LogP contribution in [-0.2, 0) is 6.61 Å². The van der Waals surface area contributed by atoms with Crippen LogP contribution in [0.3, 0.4) is 0 Å². The Morgan fingerprint density at radius 3 is 2.50 bits per heavy atom. The number of hydrazone groups is 1. The van der Waals surface area contributed by atoms with Gasteiger partial charge in [0.25, 0.3) is 5.91 Å². The number of ether oxygens (including phenoxy) is 2. The van der Waals surface area contributed by atoms with Crippen molar-refractivity contribution in [1.29, 1.82) is 0 Å². The number of benzene rings is 4. The van der Waals surface area contributed by atoms with Gasteiger partial charge in [-0.1, -0.05) is 84.4 Å². The number of carbonyl (C=O) groups is 2. The normalized spacial score (nSPS) is 11.0. The van der Waals surface area contributed by atoms with Crippen LogP contribution in [0.15, 0.2) is 108 Å². The van der Waals surface area contributed by atoms with Crippen LogP contribution in [0.4, 0.5) is 0 Å². The van der Waals surface area contributed by atoms with Crippen LogP contribution < -0.4 is 14.9 Å². The molecule has 0 aliphatic heterocycles. The Bertz CT molecular complexity index is 1630. The van der Waals surface area contributed by atoms with Gasteiger partial charge in [0.1, 0.15) is 23.0 Å². The van der Waals surface area contributed by atoms with Crippen molar-refractivity contribution in [1.82, 2.24) is 5.43 Å². The summed E-state index contributed by atoms with van der Waals surface area (Å²) < 4.78 is 12.3. The van der Waals surface area contributed by atoms with Crippen LogP contribution in [0.5, 0.6) is 11.5 Å². The largest absolute Gasteiger partial charge is 0.488 e. The molecule has 0 radical (unpaired) electrons. The second-order valence-corrected chi connectivity index (χ2v) is 9.60. The molecule has 5 aromatic rings. The van der Waals surface area contributed by atoms with Gasteiger partial charge < -0.3 is 9.47 Å². The van der Waals surface area contributed by atoms with E-state index < -0.39 is 11.9 Å². The number of carbonyl (C=O) groups excluding carboxylic acids is 2. The zero-order valence-corrected chi connectivity index (χ0v) is 21.5. The minimum atomic E-state index is -0.536. The summed E-state index contributed by atoms with van der Waals surface area (Å²) in [7, 11) is 0. The molecule has 1 heterocycles. The van der Waals surface area contributed by atoms with Crippen molar-refractivity contribution in [3.05, 3.63) is 130 Å². The summed E-state index contributed by atoms with van der Waals surface area (Å²) in [6, 6.07) is 31.0. The van der Waals surface area contributed by atoms with Crippen LogP contribution in [0, 0.1) is 0 Å². The molecular formula is C30H21ClN2O4S. The third kappa shape index (κ3) is 5.91. The highest BCUT2D eigenvalue weighted by Gasteiger charge is 2.19. The summed E-state index contributed by atoms with van der Waals surface area (Å²) in [5.41, 5.74) is 4.51. The quantitative estimate of drug-likeness (QED) is 0.0984. The lowest BCUT2D eigenvalue weighted by atomic mass is 10.2. The van der Waals surface area contributed by atoms with E-state index in [4.69, 9.17) is 21.1 Å². The predicted octanol–water partition coefficient (Wildman–Crippen LogP) is 7.12. The summed E-state index contributed by atoms with van der Waals surface area (Å²) in [5.74, 6) is -0.158. The third-order valence-corrected chi connectivity index (χ3v) is 7.19. The van der Waals surface area contributed by atoms with Crippen molar-refractivity contribution in [2.75, 3.05) is 0 Å². The van der Waals surface area contributed by atoms with Gasteiger partial charge in [-0.3, -0.25) is 4.79 Å². The van der Waals surface area contributed by atoms with Gasteiger partial charge in [0.15, 0.2) is 0 Å². The van der Waals surface area contributed by atoms with Crippen molar-refractivity contribution >= 4 is 51.1 Å². The number of halogens is 1. The number of amides is 1. The number of nitrogens with zero attached hydrogens (tertiary/aromatic N) is 1. The summed E-state index contributed by atoms with van der Waals surface area (Å²) >= 11 is 7.68. The van der Waals surface area contributed by atoms with Crippen LogP contribution in [0.2, 0.25) is 5.02 Å². The topological polar surface area (TPSA) is 77.0 Å². The first-order valence-electron chi connectivity index (χ1n) is 11.7. The highest BCUT2D eigenvalue weighted by molar-refractivity contribution is 7.21. The van der Waals surface area contributed by atoms with E-state index in [1.54, 1.807) is 48.5 Å². The molecule has 1 N–H and O–H groups in total. The van der Waals surface area contributed by atoms with Gasteiger partial charge in [0, 0.05) is 10.1 Å². The highest BCUT2D eigenvalue weighted by Crippen LogP contribution is 2.35. The molecule has 0 saturated heterocycles. The van der Waals surface area contributed by atoms with E-state index in [2.05, 4.69) is 10.5 Å². The molecule has 0 spiro atoms. The van der Waals surface area contributed by atoms with Gasteiger partial charge in [-0.25, -0.2) is 10.2 Å². The second kappa shape index (κ2) is 11.7. The number of rotatable bonds is 8. The fourth-order valence-corrected chi connectivity index (χ4v) is 5.08. The van der Waals surface area contributed by atoms with Gasteiger partial charge in [0.05, 0.1) is 16.8 Å². The minimum Gasteiger partial charge on any atom is -0.488 e. The van der Waals surface area contributed by atoms with E-state index in [1.807, 2.05) is 54.6 Å². The summed E-state index contributed by atoms with van der Waals surface area (Å²) in [5, 5.41) is 5.25. The Labute approximate surface area is 228 Å². The number of hydrogen-bond acceptors (Lipinski definition) is 6. The Balaban J connectivity index is 1.22.